The van der Waals surface area contributed by atoms with Gasteiger partial charge in [0.25, 0.3) is 0 Å². The van der Waals surface area contributed by atoms with E-state index in [1.807, 2.05) is 48.5 Å². The summed E-state index contributed by atoms with van der Waals surface area (Å²) in [5.74, 6) is -0.720. The largest absolute Gasteiger partial charge is 0.496 e. The summed E-state index contributed by atoms with van der Waals surface area (Å²) in [5, 5.41) is 11.1. The number of carbonyl (C=O) groups is 3. The molecule has 5 rings (SSSR count). The molecule has 2 amide bonds. The van der Waals surface area contributed by atoms with Crippen molar-refractivity contribution in [3.8, 4) is 5.75 Å². The number of fused-ring (bicyclic) bond motifs is 2. The summed E-state index contributed by atoms with van der Waals surface area (Å²) in [4.78, 5) is 43.0. The number of anilines is 1. The first-order valence-electron chi connectivity index (χ1n) is 13.8. The number of carboxylic acids is 1. The third-order valence-electron chi connectivity index (χ3n) is 7.68. The molecule has 1 saturated heterocycles. The molecule has 0 bridgehead atoms. The molecule has 0 unspecified atom stereocenters. The number of rotatable bonds is 6. The third-order valence-corrected chi connectivity index (χ3v) is 9.39. The van der Waals surface area contributed by atoms with E-state index in [9.17, 15) is 19.5 Å². The zero-order valence-corrected chi connectivity index (χ0v) is 25.3. The average molecular weight is 595 g/mol. The van der Waals surface area contributed by atoms with E-state index in [2.05, 4.69) is 20.8 Å². The van der Waals surface area contributed by atoms with Crippen LogP contribution in [-0.2, 0) is 14.4 Å². The van der Waals surface area contributed by atoms with Gasteiger partial charge in [-0.2, -0.15) is 0 Å². The number of hydrogen-bond donors (Lipinski definition) is 1. The molecular weight excluding hydrogens is 560 g/mol. The molecule has 0 aliphatic carbocycles. The number of amides is 2. The van der Waals surface area contributed by atoms with E-state index in [0.29, 0.717) is 31.0 Å². The minimum Gasteiger partial charge on any atom is -0.496 e. The van der Waals surface area contributed by atoms with Crippen molar-refractivity contribution in [3.05, 3.63) is 70.7 Å². The predicted octanol–water partition coefficient (Wildman–Crippen LogP) is 6.55. The van der Waals surface area contributed by atoms with Crippen LogP contribution in [0.5, 0.6) is 5.75 Å². The van der Waals surface area contributed by atoms with E-state index in [1.165, 1.54) is 16.7 Å². The van der Waals surface area contributed by atoms with E-state index in [0.717, 1.165) is 33.3 Å². The summed E-state index contributed by atoms with van der Waals surface area (Å²) in [5.41, 5.74) is 2.44. The molecule has 216 valence electrons. The Kier molecular flexibility index (Phi) is 8.26. The summed E-state index contributed by atoms with van der Waals surface area (Å²) < 4.78 is 5.64. The molecule has 3 aromatic rings. The normalized spacial score (nSPS) is 21.1. The van der Waals surface area contributed by atoms with Gasteiger partial charge in [-0.25, -0.2) is 4.79 Å². The maximum Gasteiger partial charge on any atom is 0.326 e. The van der Waals surface area contributed by atoms with Gasteiger partial charge in [0, 0.05) is 35.6 Å². The van der Waals surface area contributed by atoms with Gasteiger partial charge in [0.05, 0.1) is 17.6 Å². The summed E-state index contributed by atoms with van der Waals surface area (Å²) in [7, 11) is 1.64. The summed E-state index contributed by atoms with van der Waals surface area (Å²) >= 11 is 8.00. The van der Waals surface area contributed by atoms with Crippen molar-refractivity contribution < 1.29 is 24.2 Å². The first-order chi connectivity index (χ1) is 19.5. The maximum absolute atomic E-state index is 14.3. The van der Waals surface area contributed by atoms with Crippen LogP contribution in [-0.4, -0.2) is 59.3 Å². The molecule has 1 fully saturated rings. The minimum atomic E-state index is -1.00. The van der Waals surface area contributed by atoms with Crippen molar-refractivity contribution in [1.29, 1.82) is 0 Å². The number of ether oxygens (including phenoxy) is 1. The zero-order valence-electron chi connectivity index (χ0n) is 23.7. The fraction of sp³-hybridized carbons (Fsp3) is 0.406. The summed E-state index contributed by atoms with van der Waals surface area (Å²) in [6.45, 7) is 7.05. The highest BCUT2D eigenvalue weighted by molar-refractivity contribution is 8.01. The van der Waals surface area contributed by atoms with E-state index < -0.39 is 17.3 Å². The SMILES string of the molecule is COc1ccc([C@@H]2S[C@@H](CC(=O)N3CCC[C@H]3C(=O)O)C(=O)N(CC(C)(C)C)c3ccc(Cl)cc32)c2ccccc12. The number of halogens is 1. The minimum absolute atomic E-state index is 0.0831. The van der Waals surface area contributed by atoms with Gasteiger partial charge in [-0.05, 0) is 59.0 Å². The first-order valence-corrected chi connectivity index (χ1v) is 15.1. The molecule has 3 aromatic carbocycles. The van der Waals surface area contributed by atoms with Crippen molar-refractivity contribution >= 4 is 57.6 Å². The topological polar surface area (TPSA) is 87.1 Å². The molecule has 3 atom stereocenters. The van der Waals surface area contributed by atoms with Gasteiger partial charge in [0.1, 0.15) is 11.8 Å². The highest BCUT2D eigenvalue weighted by atomic mass is 35.5. The number of carboxylic acid groups (broad SMARTS) is 1. The highest BCUT2D eigenvalue weighted by Gasteiger charge is 2.42. The highest BCUT2D eigenvalue weighted by Crippen LogP contribution is 2.50. The van der Waals surface area contributed by atoms with E-state index in [4.69, 9.17) is 16.3 Å². The molecular formula is C32H35ClN2O5S. The van der Waals surface area contributed by atoms with Gasteiger partial charge in [-0.3, -0.25) is 9.59 Å². The lowest BCUT2D eigenvalue weighted by Gasteiger charge is -2.32. The fourth-order valence-corrected chi connectivity index (χ4v) is 7.56. The molecule has 0 saturated carbocycles. The van der Waals surface area contributed by atoms with Crippen LogP contribution < -0.4 is 9.64 Å². The van der Waals surface area contributed by atoms with Crippen molar-refractivity contribution in [2.45, 2.75) is 56.6 Å². The van der Waals surface area contributed by atoms with Crippen molar-refractivity contribution in [1.82, 2.24) is 4.90 Å². The molecule has 0 radical (unpaired) electrons. The lowest BCUT2D eigenvalue weighted by atomic mass is 9.93. The number of methoxy groups -OCH3 is 1. The van der Waals surface area contributed by atoms with E-state index >= 15 is 0 Å². The molecule has 2 aliphatic rings. The van der Waals surface area contributed by atoms with Crippen molar-refractivity contribution in [2.75, 3.05) is 25.1 Å². The number of likely N-dealkylation sites (tertiary alicyclic amines) is 1. The van der Waals surface area contributed by atoms with Crippen LogP contribution in [0.3, 0.4) is 0 Å². The lowest BCUT2D eigenvalue weighted by molar-refractivity contribution is -0.148. The van der Waals surface area contributed by atoms with Gasteiger partial charge in [0.2, 0.25) is 11.8 Å². The zero-order chi connectivity index (χ0) is 29.5. The number of thioether (sulfide) groups is 1. The van der Waals surface area contributed by atoms with E-state index in [-0.39, 0.29) is 28.9 Å². The van der Waals surface area contributed by atoms with E-state index in [1.54, 1.807) is 18.1 Å². The van der Waals surface area contributed by atoms with Crippen LogP contribution in [0.2, 0.25) is 5.02 Å². The van der Waals surface area contributed by atoms with Crippen LogP contribution in [0.4, 0.5) is 5.69 Å². The summed E-state index contributed by atoms with van der Waals surface area (Å²) in [6.07, 6.45) is 0.975. The maximum atomic E-state index is 14.3. The van der Waals surface area contributed by atoms with Crippen molar-refractivity contribution in [3.63, 3.8) is 0 Å². The first kappa shape index (κ1) is 29.3. The average Bonchev–Trinajstić information content (AvgIpc) is 3.40. The Bertz CT molecular complexity index is 1500. The second kappa shape index (κ2) is 11.6. The van der Waals surface area contributed by atoms with Gasteiger partial charge < -0.3 is 19.6 Å². The Labute approximate surface area is 249 Å². The Morgan fingerprint density at radius 2 is 1.80 bits per heavy atom. The third kappa shape index (κ3) is 5.90. The second-order valence-corrected chi connectivity index (χ2v) is 13.6. The lowest BCUT2D eigenvalue weighted by Crippen LogP contribution is -2.45. The molecule has 2 aliphatic heterocycles. The van der Waals surface area contributed by atoms with Crippen LogP contribution in [0.25, 0.3) is 10.8 Å². The smallest absolute Gasteiger partial charge is 0.326 e. The van der Waals surface area contributed by atoms with Gasteiger partial charge in [0.15, 0.2) is 0 Å². The van der Waals surface area contributed by atoms with Crippen LogP contribution >= 0.6 is 23.4 Å². The Hall–Kier alpha value is -3.23. The molecule has 0 aromatic heterocycles. The number of nitrogens with zero attached hydrogens (tertiary/aromatic N) is 2. The van der Waals surface area contributed by atoms with Crippen LogP contribution in [0.1, 0.15) is 56.4 Å². The second-order valence-electron chi connectivity index (χ2n) is 11.9. The van der Waals surface area contributed by atoms with Crippen LogP contribution in [0, 0.1) is 5.41 Å². The van der Waals surface area contributed by atoms with Gasteiger partial charge >= 0.3 is 5.97 Å². The fourth-order valence-electron chi connectivity index (χ4n) is 5.88. The monoisotopic (exact) mass is 594 g/mol. The molecule has 0 spiro atoms. The Balaban J connectivity index is 1.65. The van der Waals surface area contributed by atoms with Crippen LogP contribution in [0.15, 0.2) is 54.6 Å². The number of benzene rings is 3. The molecule has 2 heterocycles. The Morgan fingerprint density at radius 1 is 1.07 bits per heavy atom. The number of hydrogen-bond acceptors (Lipinski definition) is 5. The number of aliphatic carboxylic acids is 1. The molecule has 41 heavy (non-hydrogen) atoms. The quantitative estimate of drug-likeness (QED) is 0.348. The summed E-state index contributed by atoms with van der Waals surface area (Å²) in [6, 6.07) is 16.7. The van der Waals surface area contributed by atoms with Gasteiger partial charge in [-0.15, -0.1) is 11.8 Å². The predicted molar refractivity (Wildman–Crippen MR) is 164 cm³/mol. The van der Waals surface area contributed by atoms with Crippen molar-refractivity contribution in [2.24, 2.45) is 5.41 Å². The standard InChI is InChI=1S/C32H35ClN2O5S/c1-32(2,3)18-35-24-13-11-19(33)16-23(24)29(22-12-14-26(40-4)21-9-6-5-8-20(21)22)41-27(30(35)37)17-28(36)34-15-7-10-25(34)31(38)39/h5-6,8-9,11-14,16,25,27,29H,7,10,15,17-18H2,1-4H3,(H,38,39)/t25-,27-,29-/m0/s1. The molecule has 7 nitrogen and oxygen atoms in total. The van der Waals surface area contributed by atoms with Gasteiger partial charge in [-0.1, -0.05) is 62.7 Å². The molecule has 9 heteroatoms. The molecule has 1 N–H and O–H groups in total. The number of carbonyl (C=O) groups excluding carboxylic acids is 2. The Morgan fingerprint density at radius 3 is 2.49 bits per heavy atom.